The van der Waals surface area contributed by atoms with Crippen LogP contribution >= 0.6 is 0 Å². The van der Waals surface area contributed by atoms with Gasteiger partial charge in [-0.05, 0) is 32.8 Å². The lowest BCUT2D eigenvalue weighted by atomic mass is 9.95. The largest absolute Gasteiger partial charge is 0.389 e. The van der Waals surface area contributed by atoms with E-state index in [1.165, 1.54) is 13.1 Å². The second kappa shape index (κ2) is 5.08. The monoisotopic (exact) mass is 250 g/mol. The van der Waals surface area contributed by atoms with Gasteiger partial charge in [0, 0.05) is 19.2 Å². The molecule has 1 aromatic heterocycles. The molecule has 0 spiro atoms. The Balaban J connectivity index is 2.62. The molecule has 0 aliphatic rings. The average molecular weight is 250 g/mol. The molecule has 98 valence electrons. The first-order valence-electron chi connectivity index (χ1n) is 5.57. The van der Waals surface area contributed by atoms with E-state index in [-0.39, 0.29) is 12.8 Å². The van der Waals surface area contributed by atoms with E-state index in [4.69, 9.17) is 0 Å². The maximum atomic E-state index is 12.0. The van der Waals surface area contributed by atoms with E-state index in [0.717, 1.165) is 0 Å². The lowest BCUT2D eigenvalue weighted by Gasteiger charge is -2.24. The van der Waals surface area contributed by atoms with E-state index in [1.54, 1.807) is 10.7 Å². The number of hydrogen-bond donors (Lipinski definition) is 1. The number of aryl methyl sites for hydroxylation is 1. The van der Waals surface area contributed by atoms with Gasteiger partial charge in [-0.2, -0.15) is 18.3 Å². The Hall–Kier alpha value is -1.04. The van der Waals surface area contributed by atoms with Crippen molar-refractivity contribution < 1.29 is 18.3 Å². The summed E-state index contributed by atoms with van der Waals surface area (Å²) in [5.41, 5.74) is -0.709. The van der Waals surface area contributed by atoms with E-state index in [0.29, 0.717) is 12.2 Å². The van der Waals surface area contributed by atoms with Crippen molar-refractivity contribution in [1.82, 2.24) is 9.78 Å². The predicted octanol–water partition coefficient (Wildman–Crippen LogP) is 2.84. The zero-order valence-corrected chi connectivity index (χ0v) is 9.96. The van der Waals surface area contributed by atoms with Crippen molar-refractivity contribution in [3.63, 3.8) is 0 Å². The van der Waals surface area contributed by atoms with Crippen LogP contribution in [0.15, 0.2) is 12.3 Å². The van der Waals surface area contributed by atoms with Crippen molar-refractivity contribution in [3.05, 3.63) is 18.0 Å². The first kappa shape index (κ1) is 14.0. The minimum atomic E-state index is -4.17. The standard InChI is InChI=1S/C11H17F3N2O/c1-3-16-9(5-8-15-16)10(2,17)6-4-7-11(12,13)14/h5,8,17H,3-4,6-7H2,1-2H3. The van der Waals surface area contributed by atoms with Crippen LogP contribution in [0.25, 0.3) is 0 Å². The van der Waals surface area contributed by atoms with Crippen LogP contribution in [0.4, 0.5) is 13.2 Å². The fourth-order valence-corrected chi connectivity index (χ4v) is 1.80. The van der Waals surface area contributed by atoms with Crippen LogP contribution in [0.3, 0.4) is 0 Å². The lowest BCUT2D eigenvalue weighted by molar-refractivity contribution is -0.138. The van der Waals surface area contributed by atoms with E-state index < -0.39 is 18.2 Å². The van der Waals surface area contributed by atoms with Crippen LogP contribution < -0.4 is 0 Å². The second-order valence-electron chi connectivity index (χ2n) is 4.27. The van der Waals surface area contributed by atoms with Gasteiger partial charge >= 0.3 is 6.18 Å². The van der Waals surface area contributed by atoms with E-state index in [1.807, 2.05) is 6.92 Å². The molecule has 1 N–H and O–H groups in total. The van der Waals surface area contributed by atoms with Crippen LogP contribution in [0.1, 0.15) is 38.8 Å². The third-order valence-electron chi connectivity index (χ3n) is 2.69. The van der Waals surface area contributed by atoms with Crippen molar-refractivity contribution >= 4 is 0 Å². The van der Waals surface area contributed by atoms with Crippen LogP contribution in [0, 0.1) is 0 Å². The minimum absolute atomic E-state index is 0.0677. The molecular weight excluding hydrogens is 233 g/mol. The summed E-state index contributed by atoms with van der Waals surface area (Å²) in [6.07, 6.45) is -3.52. The predicted molar refractivity (Wildman–Crippen MR) is 57.4 cm³/mol. The Bertz CT molecular complexity index is 358. The molecule has 1 unspecified atom stereocenters. The molecule has 1 atom stereocenters. The van der Waals surface area contributed by atoms with E-state index in [9.17, 15) is 18.3 Å². The molecule has 0 fully saturated rings. The zero-order chi connectivity index (χ0) is 13.1. The fraction of sp³-hybridized carbons (Fsp3) is 0.727. The van der Waals surface area contributed by atoms with Gasteiger partial charge in [0.05, 0.1) is 5.69 Å². The summed E-state index contributed by atoms with van der Waals surface area (Å²) < 4.78 is 37.6. The smallest absolute Gasteiger partial charge is 0.384 e. The highest BCUT2D eigenvalue weighted by molar-refractivity contribution is 5.10. The lowest BCUT2D eigenvalue weighted by Crippen LogP contribution is -2.26. The molecule has 0 aromatic carbocycles. The fourth-order valence-electron chi connectivity index (χ4n) is 1.80. The SMILES string of the molecule is CCn1nccc1C(C)(O)CCCC(F)(F)F. The van der Waals surface area contributed by atoms with Gasteiger partial charge in [0.2, 0.25) is 0 Å². The molecule has 0 amide bonds. The van der Waals surface area contributed by atoms with Gasteiger partial charge in [-0.3, -0.25) is 4.68 Å². The summed E-state index contributed by atoms with van der Waals surface area (Å²) in [6.45, 7) is 3.96. The van der Waals surface area contributed by atoms with Crippen LogP contribution in [-0.2, 0) is 12.1 Å². The maximum Gasteiger partial charge on any atom is 0.389 e. The Morgan fingerprint density at radius 1 is 1.35 bits per heavy atom. The number of aromatic nitrogens is 2. The first-order valence-corrected chi connectivity index (χ1v) is 5.57. The number of halogens is 3. The summed E-state index contributed by atoms with van der Waals surface area (Å²) in [4.78, 5) is 0. The number of alkyl halides is 3. The normalized spacial score (nSPS) is 15.9. The molecule has 0 bridgehead atoms. The van der Waals surface area contributed by atoms with Crippen molar-refractivity contribution in [2.75, 3.05) is 0 Å². The average Bonchev–Trinajstić information content (AvgIpc) is 2.63. The summed E-state index contributed by atoms with van der Waals surface area (Å²) in [5, 5.41) is 14.1. The van der Waals surface area contributed by atoms with Gasteiger partial charge in [0.1, 0.15) is 5.60 Å². The Kier molecular flexibility index (Phi) is 4.19. The third kappa shape index (κ3) is 4.03. The van der Waals surface area contributed by atoms with Crippen molar-refractivity contribution in [2.24, 2.45) is 0 Å². The summed E-state index contributed by atoms with van der Waals surface area (Å²) in [6, 6.07) is 1.64. The second-order valence-corrected chi connectivity index (χ2v) is 4.27. The van der Waals surface area contributed by atoms with Gasteiger partial charge in [0.25, 0.3) is 0 Å². The van der Waals surface area contributed by atoms with Crippen molar-refractivity contribution in [2.45, 2.75) is 51.4 Å². The molecule has 1 aromatic rings. The van der Waals surface area contributed by atoms with Gasteiger partial charge in [-0.15, -0.1) is 0 Å². The summed E-state index contributed by atoms with van der Waals surface area (Å²) >= 11 is 0. The highest BCUT2D eigenvalue weighted by Crippen LogP contribution is 2.30. The molecule has 0 aliphatic carbocycles. The van der Waals surface area contributed by atoms with Gasteiger partial charge in [-0.25, -0.2) is 0 Å². The molecule has 0 aliphatic heterocycles. The molecule has 17 heavy (non-hydrogen) atoms. The third-order valence-corrected chi connectivity index (χ3v) is 2.69. The Labute approximate surface area is 98.2 Å². The molecule has 1 heterocycles. The van der Waals surface area contributed by atoms with Crippen molar-refractivity contribution in [1.29, 1.82) is 0 Å². The van der Waals surface area contributed by atoms with Crippen LogP contribution in [0.5, 0.6) is 0 Å². The van der Waals surface area contributed by atoms with Gasteiger partial charge in [0.15, 0.2) is 0 Å². The summed E-state index contributed by atoms with van der Waals surface area (Å²) in [5.74, 6) is 0. The van der Waals surface area contributed by atoms with E-state index in [2.05, 4.69) is 5.10 Å². The summed E-state index contributed by atoms with van der Waals surface area (Å²) in [7, 11) is 0. The molecule has 3 nitrogen and oxygen atoms in total. The number of aliphatic hydroxyl groups is 1. The topological polar surface area (TPSA) is 38.0 Å². The van der Waals surface area contributed by atoms with Crippen LogP contribution in [-0.4, -0.2) is 21.1 Å². The van der Waals surface area contributed by atoms with Crippen LogP contribution in [0.2, 0.25) is 0 Å². The number of hydrogen-bond acceptors (Lipinski definition) is 2. The Morgan fingerprint density at radius 3 is 2.53 bits per heavy atom. The zero-order valence-electron chi connectivity index (χ0n) is 9.96. The highest BCUT2D eigenvalue weighted by Gasteiger charge is 2.31. The molecule has 0 saturated carbocycles. The van der Waals surface area contributed by atoms with Crippen molar-refractivity contribution in [3.8, 4) is 0 Å². The maximum absolute atomic E-state index is 12.0. The number of nitrogens with zero attached hydrogens (tertiary/aromatic N) is 2. The number of rotatable bonds is 5. The quantitative estimate of drug-likeness (QED) is 0.872. The minimum Gasteiger partial charge on any atom is -0.384 e. The molecule has 1 rings (SSSR count). The molecule has 6 heteroatoms. The molecular formula is C11H17F3N2O. The molecule has 0 saturated heterocycles. The Morgan fingerprint density at radius 2 is 2.00 bits per heavy atom. The first-order chi connectivity index (χ1) is 7.76. The van der Waals surface area contributed by atoms with Gasteiger partial charge in [-0.1, -0.05) is 0 Å². The van der Waals surface area contributed by atoms with E-state index >= 15 is 0 Å². The van der Waals surface area contributed by atoms with Gasteiger partial charge < -0.3 is 5.11 Å². The highest BCUT2D eigenvalue weighted by atomic mass is 19.4. The molecule has 0 radical (unpaired) electrons.